The van der Waals surface area contributed by atoms with Gasteiger partial charge in [0.05, 0.1) is 10.0 Å². The Morgan fingerprint density at radius 3 is 2.44 bits per heavy atom. The Balaban J connectivity index is 2.52. The van der Waals surface area contributed by atoms with Gasteiger partial charge in [-0.05, 0) is 12.1 Å². The van der Waals surface area contributed by atoms with Crippen LogP contribution in [0.3, 0.4) is 0 Å². The van der Waals surface area contributed by atoms with Crippen molar-refractivity contribution < 1.29 is 14.4 Å². The number of phenols is 1. The summed E-state index contributed by atoms with van der Waals surface area (Å²) in [5.41, 5.74) is 0.424. The van der Waals surface area contributed by atoms with Crippen LogP contribution < -0.4 is 0 Å². The summed E-state index contributed by atoms with van der Waals surface area (Å²) < 4.78 is 4.80. The number of halogens is 2. The van der Waals surface area contributed by atoms with Crippen LogP contribution >= 0.6 is 23.2 Å². The first-order valence-electron chi connectivity index (χ1n) is 4.09. The lowest BCUT2D eigenvalue weighted by Crippen LogP contribution is -1.83. The zero-order chi connectivity index (χ0) is 11.7. The highest BCUT2D eigenvalue weighted by Crippen LogP contribution is 2.35. The SMILES string of the molecule is O=Cc1noc(-c2cc(Cl)c(O)c(Cl)c2)n1. The van der Waals surface area contributed by atoms with Crippen molar-refractivity contribution in [3.63, 3.8) is 0 Å². The van der Waals surface area contributed by atoms with E-state index >= 15 is 0 Å². The first-order valence-corrected chi connectivity index (χ1v) is 4.84. The minimum atomic E-state index is -0.220. The van der Waals surface area contributed by atoms with Crippen LogP contribution in [0.2, 0.25) is 10.0 Å². The molecule has 5 nitrogen and oxygen atoms in total. The fourth-order valence-corrected chi connectivity index (χ4v) is 1.58. The van der Waals surface area contributed by atoms with E-state index in [4.69, 9.17) is 27.7 Å². The summed E-state index contributed by atoms with van der Waals surface area (Å²) in [6, 6.07) is 2.82. The topological polar surface area (TPSA) is 76.2 Å². The van der Waals surface area contributed by atoms with Crippen LogP contribution in [0.15, 0.2) is 16.7 Å². The molecule has 82 valence electrons. The second-order valence-electron chi connectivity index (χ2n) is 2.86. The minimum Gasteiger partial charge on any atom is -0.505 e. The van der Waals surface area contributed by atoms with Crippen molar-refractivity contribution in [2.24, 2.45) is 0 Å². The molecule has 1 heterocycles. The maximum absolute atomic E-state index is 10.4. The lowest BCUT2D eigenvalue weighted by molar-refractivity contribution is 0.111. The molecule has 0 unspecified atom stereocenters. The molecule has 0 radical (unpaired) electrons. The Morgan fingerprint density at radius 1 is 1.31 bits per heavy atom. The maximum atomic E-state index is 10.4. The summed E-state index contributed by atoms with van der Waals surface area (Å²) in [6.45, 7) is 0. The number of aldehydes is 1. The van der Waals surface area contributed by atoms with E-state index in [0.717, 1.165) is 0 Å². The van der Waals surface area contributed by atoms with Crippen LogP contribution in [-0.2, 0) is 0 Å². The van der Waals surface area contributed by atoms with Gasteiger partial charge < -0.3 is 9.63 Å². The Labute approximate surface area is 99.6 Å². The summed E-state index contributed by atoms with van der Waals surface area (Å²) in [4.78, 5) is 14.1. The Kier molecular flexibility index (Phi) is 2.80. The molecule has 0 atom stereocenters. The average Bonchev–Trinajstić information content (AvgIpc) is 2.73. The largest absolute Gasteiger partial charge is 0.505 e. The van der Waals surface area contributed by atoms with Gasteiger partial charge in [-0.3, -0.25) is 4.79 Å². The average molecular weight is 259 g/mol. The summed E-state index contributed by atoms with van der Waals surface area (Å²) in [7, 11) is 0. The first kappa shape index (κ1) is 10.9. The van der Waals surface area contributed by atoms with Gasteiger partial charge in [0.2, 0.25) is 5.82 Å². The van der Waals surface area contributed by atoms with E-state index in [2.05, 4.69) is 10.1 Å². The summed E-state index contributed by atoms with van der Waals surface area (Å²) in [5, 5.41) is 12.9. The van der Waals surface area contributed by atoms with Crippen molar-refractivity contribution in [3.8, 4) is 17.2 Å². The molecule has 0 aliphatic rings. The second-order valence-corrected chi connectivity index (χ2v) is 3.68. The molecule has 0 aliphatic carbocycles. The van der Waals surface area contributed by atoms with Gasteiger partial charge in [0.1, 0.15) is 0 Å². The van der Waals surface area contributed by atoms with Crippen molar-refractivity contribution in [2.75, 3.05) is 0 Å². The molecule has 1 aromatic carbocycles. The van der Waals surface area contributed by atoms with Crippen LogP contribution in [0.1, 0.15) is 10.6 Å². The van der Waals surface area contributed by atoms with Gasteiger partial charge in [-0.2, -0.15) is 4.98 Å². The molecule has 2 aromatic rings. The summed E-state index contributed by atoms with van der Waals surface area (Å²) in [6.07, 6.45) is 0.455. The van der Waals surface area contributed by atoms with Crippen molar-refractivity contribution in [1.29, 1.82) is 0 Å². The van der Waals surface area contributed by atoms with Crippen LogP contribution in [0, 0.1) is 0 Å². The monoisotopic (exact) mass is 258 g/mol. The molecule has 0 spiro atoms. The number of aromatic nitrogens is 2. The van der Waals surface area contributed by atoms with E-state index in [1.807, 2.05) is 0 Å². The van der Waals surface area contributed by atoms with Crippen LogP contribution in [-0.4, -0.2) is 21.5 Å². The van der Waals surface area contributed by atoms with E-state index in [0.29, 0.717) is 11.8 Å². The van der Waals surface area contributed by atoms with Gasteiger partial charge in [-0.25, -0.2) is 0 Å². The van der Waals surface area contributed by atoms with Gasteiger partial charge in [0.25, 0.3) is 5.89 Å². The van der Waals surface area contributed by atoms with Crippen molar-refractivity contribution >= 4 is 29.5 Å². The van der Waals surface area contributed by atoms with Crippen LogP contribution in [0.25, 0.3) is 11.5 Å². The van der Waals surface area contributed by atoms with Crippen molar-refractivity contribution in [2.45, 2.75) is 0 Å². The predicted molar refractivity (Wildman–Crippen MR) is 56.8 cm³/mol. The standard InChI is InChI=1S/C9H4Cl2N2O3/c10-5-1-4(2-6(11)8(5)15)9-12-7(3-14)13-16-9/h1-3,15H. The fourth-order valence-electron chi connectivity index (χ4n) is 1.09. The predicted octanol–water partition coefficient (Wildman–Crippen LogP) is 2.56. The van der Waals surface area contributed by atoms with Crippen LogP contribution in [0.4, 0.5) is 0 Å². The number of carbonyl (C=O) groups is 1. The number of carbonyl (C=O) groups excluding carboxylic acids is 1. The number of hydrogen-bond acceptors (Lipinski definition) is 5. The van der Waals surface area contributed by atoms with Gasteiger partial charge in [0, 0.05) is 5.56 Å². The quantitative estimate of drug-likeness (QED) is 0.838. The molecule has 0 saturated carbocycles. The molecule has 1 aromatic heterocycles. The summed E-state index contributed by atoms with van der Waals surface area (Å²) >= 11 is 11.4. The minimum absolute atomic E-state index is 0.0633. The third-order valence-corrected chi connectivity index (χ3v) is 2.39. The zero-order valence-corrected chi connectivity index (χ0v) is 9.16. The van der Waals surface area contributed by atoms with E-state index in [-0.39, 0.29) is 27.5 Å². The molecular formula is C9H4Cl2N2O3. The van der Waals surface area contributed by atoms with E-state index in [1.165, 1.54) is 12.1 Å². The van der Waals surface area contributed by atoms with E-state index in [1.54, 1.807) is 0 Å². The van der Waals surface area contributed by atoms with Gasteiger partial charge in [-0.1, -0.05) is 28.4 Å². The molecule has 0 saturated heterocycles. The van der Waals surface area contributed by atoms with Crippen molar-refractivity contribution in [3.05, 3.63) is 28.0 Å². The number of rotatable bonds is 2. The Morgan fingerprint density at radius 2 is 1.94 bits per heavy atom. The molecular weight excluding hydrogens is 255 g/mol. The second kappa shape index (κ2) is 4.11. The highest BCUT2D eigenvalue weighted by atomic mass is 35.5. The third-order valence-electron chi connectivity index (χ3n) is 1.81. The number of benzene rings is 1. The highest BCUT2D eigenvalue weighted by Gasteiger charge is 2.13. The van der Waals surface area contributed by atoms with Crippen LogP contribution in [0.5, 0.6) is 5.75 Å². The lowest BCUT2D eigenvalue weighted by atomic mass is 10.2. The van der Waals surface area contributed by atoms with E-state index < -0.39 is 0 Å². The van der Waals surface area contributed by atoms with Gasteiger partial charge >= 0.3 is 0 Å². The normalized spacial score (nSPS) is 10.4. The summed E-state index contributed by atoms with van der Waals surface area (Å²) in [5.74, 6) is -0.191. The Hall–Kier alpha value is -1.59. The van der Waals surface area contributed by atoms with Gasteiger partial charge in [0.15, 0.2) is 12.0 Å². The lowest BCUT2D eigenvalue weighted by Gasteiger charge is -2.01. The molecule has 16 heavy (non-hydrogen) atoms. The molecule has 0 aliphatic heterocycles. The molecule has 7 heteroatoms. The maximum Gasteiger partial charge on any atom is 0.258 e. The molecule has 1 N–H and O–H groups in total. The number of nitrogens with zero attached hydrogens (tertiary/aromatic N) is 2. The Bertz CT molecular complexity index is 530. The molecule has 0 amide bonds. The first-order chi connectivity index (χ1) is 7.61. The number of hydrogen-bond donors (Lipinski definition) is 1. The fraction of sp³-hybridized carbons (Fsp3) is 0. The van der Waals surface area contributed by atoms with Gasteiger partial charge in [-0.15, -0.1) is 0 Å². The number of phenolic OH excluding ortho intramolecular Hbond substituents is 1. The molecule has 0 bridgehead atoms. The third kappa shape index (κ3) is 1.87. The molecule has 2 rings (SSSR count). The number of aromatic hydroxyl groups is 1. The van der Waals surface area contributed by atoms with Crippen molar-refractivity contribution in [1.82, 2.24) is 10.1 Å². The van der Waals surface area contributed by atoms with E-state index in [9.17, 15) is 9.90 Å². The highest BCUT2D eigenvalue weighted by molar-refractivity contribution is 6.37. The smallest absolute Gasteiger partial charge is 0.258 e. The zero-order valence-electron chi connectivity index (χ0n) is 7.65. The molecule has 0 fully saturated rings.